The van der Waals surface area contributed by atoms with Crippen LogP contribution in [0.1, 0.15) is 0 Å². The Morgan fingerprint density at radius 1 is 0.867 bits per heavy atom. The van der Waals surface area contributed by atoms with Gasteiger partial charge in [-0.3, -0.25) is 0 Å². The summed E-state index contributed by atoms with van der Waals surface area (Å²) in [6.45, 7) is 0. The third-order valence-corrected chi connectivity index (χ3v) is 2.24. The molecule has 0 aliphatic carbocycles. The first-order chi connectivity index (χ1) is 7.16. The lowest BCUT2D eigenvalue weighted by molar-refractivity contribution is 0.628. The zero-order valence-electron chi connectivity index (χ0n) is 8.07. The predicted molar refractivity (Wildman–Crippen MR) is 60.7 cm³/mol. The molecule has 0 spiro atoms. The number of hydrogen-bond donors (Lipinski definition) is 2. The Labute approximate surface area is 87.3 Å². The van der Waals surface area contributed by atoms with Crippen molar-refractivity contribution < 1.29 is 4.39 Å². The van der Waals surface area contributed by atoms with E-state index in [0.29, 0.717) is 11.4 Å². The molecule has 3 heteroatoms. The lowest BCUT2D eigenvalue weighted by atomic mass is 10.0. The van der Waals surface area contributed by atoms with Gasteiger partial charge >= 0.3 is 0 Å². The average molecular weight is 202 g/mol. The van der Waals surface area contributed by atoms with Crippen LogP contribution in [0.4, 0.5) is 15.8 Å². The Morgan fingerprint density at radius 2 is 1.53 bits per heavy atom. The molecule has 0 aromatic heterocycles. The predicted octanol–water partition coefficient (Wildman–Crippen LogP) is 2.66. The molecular formula is C12H11FN2. The highest BCUT2D eigenvalue weighted by molar-refractivity contribution is 5.76. The van der Waals surface area contributed by atoms with E-state index in [2.05, 4.69) is 0 Å². The number of nitrogen functional groups attached to an aromatic ring is 2. The van der Waals surface area contributed by atoms with Gasteiger partial charge in [-0.25, -0.2) is 4.39 Å². The van der Waals surface area contributed by atoms with E-state index in [0.717, 1.165) is 11.1 Å². The Balaban J connectivity index is 2.49. The minimum Gasteiger partial charge on any atom is -0.399 e. The third-order valence-electron chi connectivity index (χ3n) is 2.24. The molecule has 0 amide bonds. The van der Waals surface area contributed by atoms with Crippen molar-refractivity contribution in [1.29, 1.82) is 0 Å². The van der Waals surface area contributed by atoms with Crippen LogP contribution in [0.3, 0.4) is 0 Å². The van der Waals surface area contributed by atoms with E-state index in [9.17, 15) is 4.39 Å². The molecule has 0 atom stereocenters. The van der Waals surface area contributed by atoms with E-state index in [1.165, 1.54) is 12.1 Å². The normalized spacial score (nSPS) is 10.2. The topological polar surface area (TPSA) is 52.0 Å². The van der Waals surface area contributed by atoms with Crippen molar-refractivity contribution in [3.8, 4) is 11.1 Å². The average Bonchev–Trinajstić information content (AvgIpc) is 2.20. The second kappa shape index (κ2) is 3.61. The van der Waals surface area contributed by atoms with Gasteiger partial charge in [-0.1, -0.05) is 12.1 Å². The second-order valence-corrected chi connectivity index (χ2v) is 3.35. The molecule has 0 aliphatic heterocycles. The third kappa shape index (κ3) is 1.91. The molecule has 15 heavy (non-hydrogen) atoms. The molecule has 2 rings (SSSR count). The quantitative estimate of drug-likeness (QED) is 0.698. The summed E-state index contributed by atoms with van der Waals surface area (Å²) >= 11 is 0. The van der Waals surface area contributed by atoms with E-state index >= 15 is 0 Å². The van der Waals surface area contributed by atoms with E-state index in [1.807, 2.05) is 12.1 Å². The maximum atomic E-state index is 12.8. The van der Waals surface area contributed by atoms with Crippen LogP contribution in [0.15, 0.2) is 42.5 Å². The van der Waals surface area contributed by atoms with Gasteiger partial charge in [0.15, 0.2) is 0 Å². The van der Waals surface area contributed by atoms with Crippen LogP contribution < -0.4 is 11.5 Å². The van der Waals surface area contributed by atoms with Gasteiger partial charge in [-0.15, -0.1) is 0 Å². The zero-order valence-corrected chi connectivity index (χ0v) is 8.07. The number of nitrogens with two attached hydrogens (primary N) is 2. The molecule has 0 heterocycles. The molecule has 2 aromatic rings. The minimum absolute atomic E-state index is 0.327. The van der Waals surface area contributed by atoms with Crippen molar-refractivity contribution in [2.75, 3.05) is 11.5 Å². The molecule has 0 fully saturated rings. The lowest BCUT2D eigenvalue weighted by Gasteiger charge is -2.05. The van der Waals surface area contributed by atoms with Gasteiger partial charge in [-0.2, -0.15) is 0 Å². The highest BCUT2D eigenvalue weighted by atomic mass is 19.1. The molecule has 4 N–H and O–H groups in total. The van der Waals surface area contributed by atoms with Crippen LogP contribution >= 0.6 is 0 Å². The van der Waals surface area contributed by atoms with Gasteiger partial charge in [-0.05, 0) is 35.9 Å². The first-order valence-electron chi connectivity index (χ1n) is 4.58. The molecular weight excluding hydrogens is 191 g/mol. The van der Waals surface area contributed by atoms with Gasteiger partial charge in [0.05, 0.1) is 0 Å². The maximum absolute atomic E-state index is 12.8. The van der Waals surface area contributed by atoms with Gasteiger partial charge in [0.1, 0.15) is 5.82 Å². The molecule has 76 valence electrons. The van der Waals surface area contributed by atoms with Gasteiger partial charge in [0.2, 0.25) is 0 Å². The number of rotatable bonds is 1. The van der Waals surface area contributed by atoms with Crippen LogP contribution in [-0.4, -0.2) is 0 Å². The fraction of sp³-hybridized carbons (Fsp3) is 0. The van der Waals surface area contributed by atoms with Crippen molar-refractivity contribution in [3.63, 3.8) is 0 Å². The summed E-state index contributed by atoms with van der Waals surface area (Å²) in [4.78, 5) is 0. The summed E-state index contributed by atoms with van der Waals surface area (Å²) in [6.07, 6.45) is 0. The molecule has 2 nitrogen and oxygen atoms in total. The smallest absolute Gasteiger partial charge is 0.125 e. The summed E-state index contributed by atoms with van der Waals surface area (Å²) in [6, 6.07) is 11.7. The molecule has 0 radical (unpaired) electrons. The second-order valence-electron chi connectivity index (χ2n) is 3.35. The van der Waals surface area contributed by atoms with Gasteiger partial charge in [0.25, 0.3) is 0 Å². The van der Waals surface area contributed by atoms with E-state index in [1.54, 1.807) is 18.2 Å². The largest absolute Gasteiger partial charge is 0.399 e. The number of benzene rings is 2. The summed E-state index contributed by atoms with van der Waals surface area (Å²) in [5, 5.41) is 0. The van der Waals surface area contributed by atoms with Crippen LogP contribution in [0, 0.1) is 5.82 Å². The highest BCUT2D eigenvalue weighted by Gasteiger charge is 2.03. The zero-order chi connectivity index (χ0) is 10.8. The number of halogens is 1. The SMILES string of the molecule is Nc1ccc(-c2ccc(F)cc2N)cc1. The Hall–Kier alpha value is -2.03. The maximum Gasteiger partial charge on any atom is 0.125 e. The first-order valence-corrected chi connectivity index (χ1v) is 4.58. The summed E-state index contributed by atoms with van der Waals surface area (Å²) in [7, 11) is 0. The van der Waals surface area contributed by atoms with E-state index in [-0.39, 0.29) is 5.82 Å². The molecule has 0 bridgehead atoms. The lowest BCUT2D eigenvalue weighted by Crippen LogP contribution is -1.91. The van der Waals surface area contributed by atoms with Crippen molar-refractivity contribution in [1.82, 2.24) is 0 Å². The molecule has 0 saturated heterocycles. The molecule has 0 saturated carbocycles. The van der Waals surface area contributed by atoms with Gasteiger partial charge < -0.3 is 11.5 Å². The fourth-order valence-electron chi connectivity index (χ4n) is 1.46. The number of anilines is 2. The van der Waals surface area contributed by atoms with Crippen LogP contribution in [0.5, 0.6) is 0 Å². The van der Waals surface area contributed by atoms with Crippen molar-refractivity contribution >= 4 is 11.4 Å². The van der Waals surface area contributed by atoms with Crippen LogP contribution in [-0.2, 0) is 0 Å². The Kier molecular flexibility index (Phi) is 2.29. The Bertz CT molecular complexity index is 477. The number of hydrogen-bond acceptors (Lipinski definition) is 2. The van der Waals surface area contributed by atoms with E-state index in [4.69, 9.17) is 11.5 Å². The molecule has 2 aromatic carbocycles. The first kappa shape index (κ1) is 9.52. The highest BCUT2D eigenvalue weighted by Crippen LogP contribution is 2.26. The van der Waals surface area contributed by atoms with Crippen molar-refractivity contribution in [3.05, 3.63) is 48.3 Å². The molecule has 0 aliphatic rings. The van der Waals surface area contributed by atoms with Crippen molar-refractivity contribution in [2.24, 2.45) is 0 Å². The van der Waals surface area contributed by atoms with Crippen LogP contribution in [0.2, 0.25) is 0 Å². The van der Waals surface area contributed by atoms with Gasteiger partial charge in [0, 0.05) is 16.9 Å². The summed E-state index contributed by atoms with van der Waals surface area (Å²) < 4.78 is 12.8. The summed E-state index contributed by atoms with van der Waals surface area (Å²) in [5.74, 6) is -0.327. The monoisotopic (exact) mass is 202 g/mol. The standard InChI is InChI=1S/C12H11FN2/c13-9-3-6-11(12(15)7-9)8-1-4-10(14)5-2-8/h1-7H,14-15H2. The van der Waals surface area contributed by atoms with Crippen molar-refractivity contribution in [2.45, 2.75) is 0 Å². The summed E-state index contributed by atoms with van der Waals surface area (Å²) in [5.41, 5.74) is 14.2. The van der Waals surface area contributed by atoms with Crippen LogP contribution in [0.25, 0.3) is 11.1 Å². The molecule has 0 unspecified atom stereocenters. The minimum atomic E-state index is -0.327. The fourth-order valence-corrected chi connectivity index (χ4v) is 1.46. The van der Waals surface area contributed by atoms with E-state index < -0.39 is 0 Å². The Morgan fingerprint density at radius 3 is 2.13 bits per heavy atom.